The van der Waals surface area contributed by atoms with Gasteiger partial charge in [-0.25, -0.2) is 9.37 Å². The second-order valence-electron chi connectivity index (χ2n) is 4.27. The van der Waals surface area contributed by atoms with E-state index in [-0.39, 0.29) is 17.5 Å². The van der Waals surface area contributed by atoms with Crippen molar-refractivity contribution >= 4 is 11.6 Å². The van der Waals surface area contributed by atoms with E-state index in [9.17, 15) is 17.6 Å². The van der Waals surface area contributed by atoms with Gasteiger partial charge in [0.1, 0.15) is 11.6 Å². The number of ether oxygens (including phenoxy) is 1. The Morgan fingerprint density at radius 3 is 2.48 bits per heavy atom. The lowest BCUT2D eigenvalue weighted by Gasteiger charge is -2.11. The summed E-state index contributed by atoms with van der Waals surface area (Å²) >= 11 is 5.69. The molecule has 0 aliphatic carbocycles. The third-order valence-corrected chi connectivity index (χ3v) is 3.07. The van der Waals surface area contributed by atoms with E-state index in [1.54, 1.807) is 13.0 Å². The molecule has 0 radical (unpaired) electrons. The molecule has 112 valence electrons. The van der Waals surface area contributed by atoms with Crippen molar-refractivity contribution in [2.24, 2.45) is 0 Å². The number of alkyl halides is 4. The first-order valence-corrected chi connectivity index (χ1v) is 6.42. The lowest BCUT2D eigenvalue weighted by atomic mass is 10.2. The number of pyridine rings is 1. The lowest BCUT2D eigenvalue weighted by molar-refractivity contribution is -0.140. The van der Waals surface area contributed by atoms with Gasteiger partial charge < -0.3 is 4.74 Å². The molecule has 0 atom stereocenters. The number of halogens is 5. The van der Waals surface area contributed by atoms with Crippen LogP contribution < -0.4 is 4.74 Å². The molecule has 0 N–H and O–H groups in total. The average molecular weight is 320 g/mol. The molecule has 0 amide bonds. The topological polar surface area (TPSA) is 22.1 Å². The van der Waals surface area contributed by atoms with Gasteiger partial charge in [0.05, 0.1) is 5.56 Å². The van der Waals surface area contributed by atoms with Gasteiger partial charge in [-0.3, -0.25) is 0 Å². The first-order chi connectivity index (χ1) is 9.81. The summed E-state index contributed by atoms with van der Waals surface area (Å²) in [6, 6.07) is 5.57. The molecule has 2 aromatic rings. The molecule has 0 bridgehead atoms. The molecule has 0 aliphatic heterocycles. The summed E-state index contributed by atoms with van der Waals surface area (Å²) in [6.45, 7) is 1.70. The molecule has 0 unspecified atom stereocenters. The van der Waals surface area contributed by atoms with Crippen LogP contribution >= 0.6 is 11.6 Å². The van der Waals surface area contributed by atoms with Crippen LogP contribution in [-0.2, 0) is 12.1 Å². The predicted octanol–water partition coefficient (Wildman–Crippen LogP) is 5.08. The third kappa shape index (κ3) is 3.64. The number of nitrogens with zero attached hydrogens (tertiary/aromatic N) is 1. The molecule has 0 spiro atoms. The standard InChI is InChI=1S/C14H10ClF4NO/c1-8-9(7-15)2-5-13(20-8)21-10-3-4-12(16)11(6-10)14(17,18)19/h2-6H,7H2,1H3. The molecule has 1 heterocycles. The summed E-state index contributed by atoms with van der Waals surface area (Å²) in [7, 11) is 0. The smallest absolute Gasteiger partial charge is 0.419 e. The fraction of sp³-hybridized carbons (Fsp3) is 0.214. The van der Waals surface area contributed by atoms with Gasteiger partial charge in [-0.1, -0.05) is 6.07 Å². The Morgan fingerprint density at radius 1 is 1.19 bits per heavy atom. The molecular formula is C14H10ClF4NO. The SMILES string of the molecule is Cc1nc(Oc2ccc(F)c(C(F)(F)F)c2)ccc1CCl. The quantitative estimate of drug-likeness (QED) is 0.581. The van der Waals surface area contributed by atoms with Gasteiger partial charge in [0.15, 0.2) is 0 Å². The highest BCUT2D eigenvalue weighted by Gasteiger charge is 2.34. The monoisotopic (exact) mass is 319 g/mol. The van der Waals surface area contributed by atoms with Gasteiger partial charge in [-0.2, -0.15) is 13.2 Å². The molecule has 2 rings (SSSR count). The van der Waals surface area contributed by atoms with Gasteiger partial charge in [-0.05, 0) is 30.7 Å². The highest BCUT2D eigenvalue weighted by molar-refractivity contribution is 6.17. The molecule has 2 nitrogen and oxygen atoms in total. The largest absolute Gasteiger partial charge is 0.439 e. The Labute approximate surface area is 123 Å². The zero-order chi connectivity index (χ0) is 15.6. The van der Waals surface area contributed by atoms with Crippen molar-refractivity contribution in [3.63, 3.8) is 0 Å². The summed E-state index contributed by atoms with van der Waals surface area (Å²) in [6.07, 6.45) is -4.78. The molecule has 1 aromatic heterocycles. The fourth-order valence-electron chi connectivity index (χ4n) is 1.67. The molecule has 0 aliphatic rings. The predicted molar refractivity (Wildman–Crippen MR) is 70.0 cm³/mol. The Hall–Kier alpha value is -1.82. The van der Waals surface area contributed by atoms with Gasteiger partial charge in [-0.15, -0.1) is 11.6 Å². The summed E-state index contributed by atoms with van der Waals surface area (Å²) < 4.78 is 56.2. The van der Waals surface area contributed by atoms with Crippen molar-refractivity contribution in [1.29, 1.82) is 0 Å². The van der Waals surface area contributed by atoms with Crippen molar-refractivity contribution in [3.8, 4) is 11.6 Å². The number of hydrogen-bond acceptors (Lipinski definition) is 2. The van der Waals surface area contributed by atoms with Gasteiger partial charge in [0.25, 0.3) is 0 Å². The van der Waals surface area contributed by atoms with Crippen LogP contribution in [0.4, 0.5) is 17.6 Å². The van der Waals surface area contributed by atoms with E-state index in [0.29, 0.717) is 17.8 Å². The highest BCUT2D eigenvalue weighted by Crippen LogP contribution is 2.34. The Bertz CT molecular complexity index is 658. The Balaban J connectivity index is 2.30. The van der Waals surface area contributed by atoms with E-state index >= 15 is 0 Å². The fourth-order valence-corrected chi connectivity index (χ4v) is 1.95. The van der Waals surface area contributed by atoms with Crippen molar-refractivity contribution in [2.75, 3.05) is 0 Å². The normalized spacial score (nSPS) is 11.5. The van der Waals surface area contributed by atoms with Crippen molar-refractivity contribution < 1.29 is 22.3 Å². The first-order valence-electron chi connectivity index (χ1n) is 5.88. The lowest BCUT2D eigenvalue weighted by Crippen LogP contribution is -2.08. The summed E-state index contributed by atoms with van der Waals surface area (Å²) in [5, 5.41) is 0. The van der Waals surface area contributed by atoms with E-state index in [4.69, 9.17) is 16.3 Å². The summed E-state index contributed by atoms with van der Waals surface area (Å²) in [5.41, 5.74) is 0.0221. The van der Waals surface area contributed by atoms with E-state index in [1.807, 2.05) is 0 Å². The van der Waals surface area contributed by atoms with Gasteiger partial charge in [0.2, 0.25) is 5.88 Å². The van der Waals surface area contributed by atoms with Crippen LogP contribution in [0.5, 0.6) is 11.6 Å². The number of aryl methyl sites for hydroxylation is 1. The van der Waals surface area contributed by atoms with E-state index < -0.39 is 17.6 Å². The molecule has 21 heavy (non-hydrogen) atoms. The van der Waals surface area contributed by atoms with Crippen LogP contribution in [0.15, 0.2) is 30.3 Å². The minimum atomic E-state index is -4.78. The molecule has 7 heteroatoms. The van der Waals surface area contributed by atoms with Crippen molar-refractivity contribution in [3.05, 3.63) is 53.0 Å². The number of rotatable bonds is 3. The van der Waals surface area contributed by atoms with Crippen LogP contribution in [0.3, 0.4) is 0 Å². The van der Waals surface area contributed by atoms with Crippen LogP contribution in [0.2, 0.25) is 0 Å². The van der Waals surface area contributed by atoms with E-state index in [1.165, 1.54) is 6.07 Å². The van der Waals surface area contributed by atoms with Crippen LogP contribution in [0.25, 0.3) is 0 Å². The van der Waals surface area contributed by atoms with Crippen molar-refractivity contribution in [1.82, 2.24) is 4.98 Å². The zero-order valence-electron chi connectivity index (χ0n) is 10.8. The highest BCUT2D eigenvalue weighted by atomic mass is 35.5. The maximum atomic E-state index is 13.2. The number of aromatic nitrogens is 1. The maximum Gasteiger partial charge on any atom is 0.419 e. The minimum Gasteiger partial charge on any atom is -0.439 e. The summed E-state index contributed by atoms with van der Waals surface area (Å²) in [4.78, 5) is 4.07. The number of hydrogen-bond donors (Lipinski definition) is 0. The molecule has 0 fully saturated rings. The molecule has 0 saturated heterocycles. The van der Waals surface area contributed by atoms with Crippen LogP contribution in [0, 0.1) is 12.7 Å². The molecular weight excluding hydrogens is 310 g/mol. The van der Waals surface area contributed by atoms with Gasteiger partial charge >= 0.3 is 6.18 Å². The van der Waals surface area contributed by atoms with Crippen LogP contribution in [-0.4, -0.2) is 4.98 Å². The number of benzene rings is 1. The minimum absolute atomic E-state index is 0.112. The second kappa shape index (κ2) is 5.89. The average Bonchev–Trinajstić information content (AvgIpc) is 2.40. The van der Waals surface area contributed by atoms with Gasteiger partial charge in [0, 0.05) is 17.6 Å². The van der Waals surface area contributed by atoms with Crippen LogP contribution in [0.1, 0.15) is 16.8 Å². The maximum absolute atomic E-state index is 13.2. The first kappa shape index (κ1) is 15.6. The molecule has 1 aromatic carbocycles. The van der Waals surface area contributed by atoms with Crippen molar-refractivity contribution in [2.45, 2.75) is 19.0 Å². The van der Waals surface area contributed by atoms with E-state index in [2.05, 4.69) is 4.98 Å². The molecule has 0 saturated carbocycles. The third-order valence-electron chi connectivity index (χ3n) is 2.78. The second-order valence-corrected chi connectivity index (χ2v) is 4.54. The zero-order valence-corrected chi connectivity index (χ0v) is 11.6. The Morgan fingerprint density at radius 2 is 1.90 bits per heavy atom. The summed E-state index contributed by atoms with van der Waals surface area (Å²) in [5.74, 6) is -1.11. The van der Waals surface area contributed by atoms with E-state index in [0.717, 1.165) is 11.6 Å². The Kier molecular flexibility index (Phi) is 4.37.